The van der Waals surface area contributed by atoms with Gasteiger partial charge in [-0.25, -0.2) is 8.42 Å². The molecule has 21 heavy (non-hydrogen) atoms. The molecule has 0 saturated carbocycles. The normalized spacial score (nSPS) is 12.4. The summed E-state index contributed by atoms with van der Waals surface area (Å²) in [4.78, 5) is 0. The van der Waals surface area contributed by atoms with Gasteiger partial charge in [0.2, 0.25) is 0 Å². The van der Waals surface area contributed by atoms with Crippen LogP contribution < -0.4 is 4.72 Å². The number of nitrogens with one attached hydrogen (secondary N) is 1. The molecule has 0 fully saturated rings. The van der Waals surface area contributed by atoms with Gasteiger partial charge in [-0.3, -0.25) is 4.72 Å². The molecule has 2 rings (SSSR count). The maximum absolute atomic E-state index is 12.4. The van der Waals surface area contributed by atoms with E-state index in [1.165, 1.54) is 6.07 Å². The predicted octanol–water partition coefficient (Wildman–Crippen LogP) is 3.34. The maximum Gasteiger partial charge on any atom is 0.271 e. The van der Waals surface area contributed by atoms with Crippen LogP contribution in [0.1, 0.15) is 31.9 Å². The number of thiophene rings is 1. The molecular weight excluding hydrogens is 306 g/mol. The van der Waals surface area contributed by atoms with E-state index in [1.807, 2.05) is 32.9 Å². The molecule has 4 nitrogen and oxygen atoms in total. The third-order valence-corrected chi connectivity index (χ3v) is 5.91. The highest BCUT2D eigenvalue weighted by molar-refractivity contribution is 7.94. The molecule has 114 valence electrons. The second-order valence-electron chi connectivity index (χ2n) is 5.83. The first-order valence-electron chi connectivity index (χ1n) is 6.54. The third-order valence-electron chi connectivity index (χ3n) is 3.06. The largest absolute Gasteiger partial charge is 0.392 e. The topological polar surface area (TPSA) is 66.4 Å². The smallest absolute Gasteiger partial charge is 0.271 e. The Bertz CT molecular complexity index is 727. The van der Waals surface area contributed by atoms with E-state index < -0.39 is 10.0 Å². The Morgan fingerprint density at radius 3 is 2.48 bits per heavy atom. The molecule has 0 bridgehead atoms. The van der Waals surface area contributed by atoms with Crippen LogP contribution >= 0.6 is 11.3 Å². The van der Waals surface area contributed by atoms with E-state index in [0.29, 0.717) is 11.3 Å². The van der Waals surface area contributed by atoms with Crippen molar-refractivity contribution in [2.24, 2.45) is 0 Å². The second kappa shape index (κ2) is 5.79. The van der Waals surface area contributed by atoms with Gasteiger partial charge in [0.25, 0.3) is 10.0 Å². The number of sulfonamides is 1. The van der Waals surface area contributed by atoms with Gasteiger partial charge in [0, 0.05) is 0 Å². The highest BCUT2D eigenvalue weighted by Gasteiger charge is 2.22. The number of hydrogen-bond acceptors (Lipinski definition) is 4. The van der Waals surface area contributed by atoms with Gasteiger partial charge in [-0.1, -0.05) is 39.0 Å². The van der Waals surface area contributed by atoms with E-state index >= 15 is 0 Å². The molecule has 0 aliphatic carbocycles. The van der Waals surface area contributed by atoms with E-state index in [4.69, 9.17) is 5.11 Å². The van der Waals surface area contributed by atoms with Crippen LogP contribution in [0.2, 0.25) is 0 Å². The summed E-state index contributed by atoms with van der Waals surface area (Å²) in [6.07, 6.45) is 0. The number of anilines is 1. The average Bonchev–Trinajstić information content (AvgIpc) is 2.87. The first-order valence-corrected chi connectivity index (χ1v) is 8.91. The maximum atomic E-state index is 12.4. The van der Waals surface area contributed by atoms with Crippen LogP contribution in [-0.4, -0.2) is 13.5 Å². The molecule has 0 amide bonds. The van der Waals surface area contributed by atoms with E-state index in [2.05, 4.69) is 4.72 Å². The summed E-state index contributed by atoms with van der Waals surface area (Å²) >= 11 is 1.10. The Morgan fingerprint density at radius 2 is 1.90 bits per heavy atom. The minimum Gasteiger partial charge on any atom is -0.392 e. The van der Waals surface area contributed by atoms with Crippen LogP contribution in [0.5, 0.6) is 0 Å². The molecular formula is C15H19NO3S2. The molecule has 1 aromatic carbocycles. The summed E-state index contributed by atoms with van der Waals surface area (Å²) in [6, 6.07) is 8.88. The van der Waals surface area contributed by atoms with Gasteiger partial charge in [-0.15, -0.1) is 11.3 Å². The fraction of sp³-hybridized carbons (Fsp3) is 0.333. The summed E-state index contributed by atoms with van der Waals surface area (Å²) in [5.41, 5.74) is 1.96. The van der Waals surface area contributed by atoms with Crippen LogP contribution in [0.25, 0.3) is 0 Å². The van der Waals surface area contributed by atoms with Gasteiger partial charge in [-0.2, -0.15) is 0 Å². The zero-order valence-electron chi connectivity index (χ0n) is 12.3. The Hall–Kier alpha value is -1.37. The second-order valence-corrected chi connectivity index (χ2v) is 8.65. The number of hydrogen-bond donors (Lipinski definition) is 2. The van der Waals surface area contributed by atoms with Crippen molar-refractivity contribution in [1.82, 2.24) is 0 Å². The zero-order valence-corrected chi connectivity index (χ0v) is 13.9. The number of rotatable bonds is 4. The molecule has 0 unspecified atom stereocenters. The molecule has 0 aliphatic heterocycles. The number of aliphatic hydroxyl groups excluding tert-OH is 1. The number of benzene rings is 1. The first-order chi connectivity index (χ1) is 9.74. The molecule has 0 atom stereocenters. The van der Waals surface area contributed by atoms with Crippen molar-refractivity contribution in [2.75, 3.05) is 4.72 Å². The zero-order chi connectivity index (χ0) is 15.7. The fourth-order valence-electron chi connectivity index (χ4n) is 2.00. The molecule has 1 heterocycles. The molecule has 2 N–H and O–H groups in total. The van der Waals surface area contributed by atoms with Gasteiger partial charge in [0.05, 0.1) is 12.3 Å². The van der Waals surface area contributed by atoms with E-state index in [0.717, 1.165) is 16.9 Å². The van der Waals surface area contributed by atoms with Gasteiger partial charge < -0.3 is 5.11 Å². The highest BCUT2D eigenvalue weighted by Crippen LogP contribution is 2.31. The lowest BCUT2D eigenvalue weighted by Crippen LogP contribution is -2.18. The molecule has 6 heteroatoms. The molecule has 0 saturated heterocycles. The first kappa shape index (κ1) is 16.0. The lowest BCUT2D eigenvalue weighted by Gasteiger charge is -2.23. The average molecular weight is 325 g/mol. The minimum atomic E-state index is -3.63. The Balaban J connectivity index is 2.38. The summed E-state index contributed by atoms with van der Waals surface area (Å²) in [5, 5.41) is 10.7. The quantitative estimate of drug-likeness (QED) is 0.906. The van der Waals surface area contributed by atoms with Crippen LogP contribution in [0, 0.1) is 0 Å². The van der Waals surface area contributed by atoms with Gasteiger partial charge in [0.1, 0.15) is 4.21 Å². The SMILES string of the molecule is CC(C)(C)c1ccccc1NS(=O)(=O)c1cc(CO)cs1. The standard InChI is InChI=1S/C15H19NO3S2/c1-15(2,3)12-6-4-5-7-13(12)16-21(18,19)14-8-11(9-17)10-20-14/h4-8,10,16-17H,9H2,1-3H3. The predicted molar refractivity (Wildman–Crippen MR) is 86.2 cm³/mol. The molecule has 2 aromatic rings. The van der Waals surface area contributed by atoms with E-state index in [1.54, 1.807) is 17.5 Å². The summed E-state index contributed by atoms with van der Waals surface area (Å²) in [5.74, 6) is 0. The van der Waals surface area contributed by atoms with E-state index in [-0.39, 0.29) is 16.2 Å². The van der Waals surface area contributed by atoms with Crippen LogP contribution in [0.15, 0.2) is 39.9 Å². The Kier molecular flexibility index (Phi) is 4.41. The highest BCUT2D eigenvalue weighted by atomic mass is 32.2. The van der Waals surface area contributed by atoms with Crippen molar-refractivity contribution in [2.45, 2.75) is 37.0 Å². The fourth-order valence-corrected chi connectivity index (χ4v) is 4.28. The molecule has 0 spiro atoms. The number of para-hydroxylation sites is 1. The van der Waals surface area contributed by atoms with Gasteiger partial charge in [-0.05, 0) is 34.1 Å². The van der Waals surface area contributed by atoms with Crippen LogP contribution in [0.3, 0.4) is 0 Å². The summed E-state index contributed by atoms with van der Waals surface area (Å²) in [7, 11) is -3.63. The Labute approximate surface area is 129 Å². The molecule has 0 radical (unpaired) electrons. The van der Waals surface area contributed by atoms with Crippen molar-refractivity contribution < 1.29 is 13.5 Å². The Morgan fingerprint density at radius 1 is 1.24 bits per heavy atom. The van der Waals surface area contributed by atoms with Gasteiger partial charge >= 0.3 is 0 Å². The monoisotopic (exact) mass is 325 g/mol. The van der Waals surface area contributed by atoms with Gasteiger partial charge in [0.15, 0.2) is 0 Å². The van der Waals surface area contributed by atoms with Crippen LogP contribution in [-0.2, 0) is 22.0 Å². The lowest BCUT2D eigenvalue weighted by atomic mass is 9.86. The number of aliphatic hydroxyl groups is 1. The minimum absolute atomic E-state index is 0.162. The summed E-state index contributed by atoms with van der Waals surface area (Å²) in [6.45, 7) is 5.95. The van der Waals surface area contributed by atoms with Crippen molar-refractivity contribution in [1.29, 1.82) is 0 Å². The summed E-state index contributed by atoms with van der Waals surface area (Å²) < 4.78 is 27.7. The molecule has 0 aliphatic rings. The van der Waals surface area contributed by atoms with Crippen molar-refractivity contribution >= 4 is 27.0 Å². The van der Waals surface area contributed by atoms with E-state index in [9.17, 15) is 8.42 Å². The van der Waals surface area contributed by atoms with Crippen molar-refractivity contribution in [3.8, 4) is 0 Å². The van der Waals surface area contributed by atoms with Crippen molar-refractivity contribution in [3.63, 3.8) is 0 Å². The van der Waals surface area contributed by atoms with Crippen molar-refractivity contribution in [3.05, 3.63) is 46.8 Å². The third kappa shape index (κ3) is 3.64. The lowest BCUT2D eigenvalue weighted by molar-refractivity contribution is 0.282. The molecule has 1 aromatic heterocycles. The van der Waals surface area contributed by atoms with Crippen LogP contribution in [0.4, 0.5) is 5.69 Å².